The minimum Gasteiger partial charge on any atom is -0.388 e. The molecule has 1 saturated heterocycles. The fourth-order valence-corrected chi connectivity index (χ4v) is 0.836. The van der Waals surface area contributed by atoms with Crippen LogP contribution in [0.4, 0.5) is 0 Å². The van der Waals surface area contributed by atoms with Gasteiger partial charge in [-0.25, -0.2) is 0 Å². The largest absolute Gasteiger partial charge is 0.388 e. The Kier molecular flexibility index (Phi) is 2.49. The normalized spacial score (nSPS) is 38.2. The Hall–Kier alpha value is -0.160. The molecule has 0 spiro atoms. The van der Waals surface area contributed by atoms with Gasteiger partial charge in [0.25, 0.3) is 0 Å². The predicted octanol–water partition coefficient (Wildman–Crippen LogP) is -0.509. The molecule has 0 aliphatic carbocycles. The van der Waals surface area contributed by atoms with E-state index in [1.165, 1.54) is 0 Å². The predicted molar refractivity (Wildman–Crippen MR) is 38.0 cm³/mol. The summed E-state index contributed by atoms with van der Waals surface area (Å²) in [5.74, 6) is -0.696. The van der Waals surface area contributed by atoms with Gasteiger partial charge >= 0.3 is 0 Å². The van der Waals surface area contributed by atoms with Crippen molar-refractivity contribution in [3.8, 4) is 0 Å². The van der Waals surface area contributed by atoms with E-state index in [4.69, 9.17) is 19.7 Å². The van der Waals surface area contributed by atoms with E-state index in [-0.39, 0.29) is 13.2 Å². The lowest BCUT2D eigenvalue weighted by atomic mass is 10.2. The fraction of sp³-hybridized carbons (Fsp3) is 1.00. The summed E-state index contributed by atoms with van der Waals surface area (Å²) in [6.45, 7) is 3.73. The highest BCUT2D eigenvalue weighted by atomic mass is 16.7. The van der Waals surface area contributed by atoms with E-state index in [0.717, 1.165) is 0 Å². The van der Waals surface area contributed by atoms with Gasteiger partial charge in [-0.1, -0.05) is 0 Å². The van der Waals surface area contributed by atoms with Crippen molar-refractivity contribution in [2.75, 3.05) is 13.2 Å². The zero-order valence-corrected chi connectivity index (χ0v) is 6.78. The second-order valence-corrected chi connectivity index (χ2v) is 3.16. The molecule has 0 aromatic rings. The lowest BCUT2D eigenvalue weighted by Gasteiger charge is -2.22. The molecule has 2 atom stereocenters. The molecular weight excluding hydrogens is 148 g/mol. The van der Waals surface area contributed by atoms with Gasteiger partial charge in [0.05, 0.1) is 13.2 Å². The maximum atomic E-state index is 9.13. The Morgan fingerprint density at radius 3 is 1.82 bits per heavy atom. The van der Waals surface area contributed by atoms with E-state index in [9.17, 15) is 0 Å². The number of aliphatic hydroxyl groups is 2. The van der Waals surface area contributed by atoms with Crippen LogP contribution in [0.1, 0.15) is 13.8 Å². The molecule has 1 aliphatic heterocycles. The van der Waals surface area contributed by atoms with Gasteiger partial charge in [-0.05, 0) is 13.8 Å². The minimum absolute atomic E-state index is 0.119. The monoisotopic (exact) mass is 162 g/mol. The van der Waals surface area contributed by atoms with Gasteiger partial charge in [-0.2, -0.15) is 0 Å². The minimum atomic E-state index is -0.836. The number of hydrogen-bond donors (Lipinski definition) is 2. The summed E-state index contributed by atoms with van der Waals surface area (Å²) in [7, 11) is 0. The fourth-order valence-electron chi connectivity index (χ4n) is 0.836. The van der Waals surface area contributed by atoms with Crippen molar-refractivity contribution >= 4 is 0 Å². The Morgan fingerprint density at radius 1 is 1.09 bits per heavy atom. The second-order valence-electron chi connectivity index (χ2n) is 3.16. The Morgan fingerprint density at radius 2 is 1.45 bits per heavy atom. The second kappa shape index (κ2) is 3.06. The third-order valence-corrected chi connectivity index (χ3v) is 1.65. The van der Waals surface area contributed by atoms with Crippen molar-refractivity contribution in [3.63, 3.8) is 0 Å². The number of ether oxygens (including phenoxy) is 2. The highest BCUT2D eigenvalue weighted by molar-refractivity contribution is 4.71. The smallest absolute Gasteiger partial charge is 0.163 e. The maximum absolute atomic E-state index is 9.13. The van der Waals surface area contributed by atoms with E-state index < -0.39 is 18.0 Å². The maximum Gasteiger partial charge on any atom is 0.163 e. The quantitative estimate of drug-likeness (QED) is 0.503. The molecule has 0 radical (unpaired) electrons. The molecule has 4 nitrogen and oxygen atoms in total. The molecule has 66 valence electrons. The van der Waals surface area contributed by atoms with Crippen molar-refractivity contribution in [1.82, 2.24) is 0 Å². The first-order chi connectivity index (χ1) is 5.01. The van der Waals surface area contributed by atoms with Gasteiger partial charge in [0.2, 0.25) is 0 Å². The molecule has 1 rings (SSSR count). The third kappa shape index (κ3) is 2.41. The molecule has 0 bridgehead atoms. The standard InChI is InChI=1S/C7H14O4/c1-7(2)10-3-5(8)6(9)4-11-7/h5-6,8-9H,3-4H2,1-2H3/t5-,6-/m0/s1. The van der Waals surface area contributed by atoms with Crippen LogP contribution in [0, 0.1) is 0 Å². The summed E-state index contributed by atoms with van der Waals surface area (Å²) in [6.07, 6.45) is -1.67. The first-order valence-corrected chi connectivity index (χ1v) is 3.65. The van der Waals surface area contributed by atoms with Crippen molar-refractivity contribution in [2.24, 2.45) is 0 Å². The topological polar surface area (TPSA) is 58.9 Å². The Bertz CT molecular complexity index is 120. The molecule has 0 aromatic carbocycles. The van der Waals surface area contributed by atoms with Crippen LogP contribution in [0.15, 0.2) is 0 Å². The summed E-state index contributed by atoms with van der Waals surface area (Å²) in [6, 6.07) is 0. The van der Waals surface area contributed by atoms with Gasteiger partial charge in [0, 0.05) is 0 Å². The van der Waals surface area contributed by atoms with Crippen molar-refractivity contribution in [2.45, 2.75) is 31.8 Å². The molecule has 0 aromatic heterocycles. The van der Waals surface area contributed by atoms with Crippen LogP contribution >= 0.6 is 0 Å². The van der Waals surface area contributed by atoms with Gasteiger partial charge in [0.1, 0.15) is 12.2 Å². The van der Waals surface area contributed by atoms with E-state index in [1.807, 2.05) is 0 Å². The molecule has 4 heteroatoms. The van der Waals surface area contributed by atoms with Gasteiger partial charge in [0.15, 0.2) is 5.79 Å². The molecule has 1 heterocycles. The average molecular weight is 162 g/mol. The van der Waals surface area contributed by atoms with Gasteiger partial charge in [-0.3, -0.25) is 0 Å². The van der Waals surface area contributed by atoms with Crippen LogP contribution in [0.3, 0.4) is 0 Å². The van der Waals surface area contributed by atoms with Crippen LogP contribution in [0.5, 0.6) is 0 Å². The van der Waals surface area contributed by atoms with E-state index in [2.05, 4.69) is 0 Å². The number of rotatable bonds is 0. The van der Waals surface area contributed by atoms with E-state index >= 15 is 0 Å². The molecular formula is C7H14O4. The molecule has 1 aliphatic rings. The Balaban J connectivity index is 2.51. The number of hydrogen-bond acceptors (Lipinski definition) is 4. The first kappa shape index (κ1) is 8.93. The average Bonchev–Trinajstić information content (AvgIpc) is 2.03. The highest BCUT2D eigenvalue weighted by Gasteiger charge is 2.29. The van der Waals surface area contributed by atoms with Crippen LogP contribution in [-0.2, 0) is 9.47 Å². The lowest BCUT2D eigenvalue weighted by Crippen LogP contribution is -2.30. The summed E-state index contributed by atoms with van der Waals surface area (Å²) in [5, 5.41) is 18.3. The zero-order chi connectivity index (χ0) is 8.48. The molecule has 1 fully saturated rings. The molecule has 0 unspecified atom stereocenters. The summed E-state index contributed by atoms with van der Waals surface area (Å²) in [4.78, 5) is 0. The third-order valence-electron chi connectivity index (χ3n) is 1.65. The van der Waals surface area contributed by atoms with Crippen molar-refractivity contribution in [1.29, 1.82) is 0 Å². The van der Waals surface area contributed by atoms with Crippen LogP contribution in [-0.4, -0.2) is 41.4 Å². The van der Waals surface area contributed by atoms with Gasteiger partial charge in [-0.15, -0.1) is 0 Å². The molecule has 0 saturated carbocycles. The van der Waals surface area contributed by atoms with Crippen molar-refractivity contribution < 1.29 is 19.7 Å². The summed E-state index contributed by atoms with van der Waals surface area (Å²) in [5.41, 5.74) is 0. The number of aliphatic hydroxyl groups excluding tert-OH is 2. The summed E-state index contributed by atoms with van der Waals surface area (Å²) < 4.78 is 10.3. The van der Waals surface area contributed by atoms with Gasteiger partial charge < -0.3 is 19.7 Å². The zero-order valence-electron chi connectivity index (χ0n) is 6.78. The van der Waals surface area contributed by atoms with Crippen LogP contribution in [0.2, 0.25) is 0 Å². The van der Waals surface area contributed by atoms with Crippen LogP contribution < -0.4 is 0 Å². The first-order valence-electron chi connectivity index (χ1n) is 3.65. The Labute approximate surface area is 65.7 Å². The highest BCUT2D eigenvalue weighted by Crippen LogP contribution is 2.16. The lowest BCUT2D eigenvalue weighted by molar-refractivity contribution is -0.205. The summed E-state index contributed by atoms with van der Waals surface area (Å²) >= 11 is 0. The molecule has 11 heavy (non-hydrogen) atoms. The molecule has 2 N–H and O–H groups in total. The van der Waals surface area contributed by atoms with E-state index in [1.54, 1.807) is 13.8 Å². The van der Waals surface area contributed by atoms with E-state index in [0.29, 0.717) is 0 Å². The molecule has 0 amide bonds. The van der Waals surface area contributed by atoms with Crippen molar-refractivity contribution in [3.05, 3.63) is 0 Å². The SMILES string of the molecule is CC1(C)OC[C@H](O)[C@@H](O)CO1. The van der Waals surface area contributed by atoms with Crippen LogP contribution in [0.25, 0.3) is 0 Å².